The van der Waals surface area contributed by atoms with Crippen molar-refractivity contribution in [2.75, 3.05) is 31.9 Å². The standard InChI is InChI=1S/2C27H19F2N5O/c28-18-7-8-22-21(16-18)23(11-14-31-22)33-20-4-1-3-17(15-20)27(35)34-25-6-2-5-24(26(25)29)32-19-9-12-30-13-10-19;28-18-4-7-24-22(15-18)25(10-13-31-24)33-20-3-1-2-17(14-20)27(35)34-21-5-6-23(29)26(16-21)32-19-8-11-30-12-9-19/h2*1-16H,(H,30,32)(H,31,33)(H,34,35). The average Bonchev–Trinajstić information content (AvgIpc) is 3.37. The maximum atomic E-state index is 15.0. The molecule has 0 aliphatic rings. The number of nitrogens with zero attached hydrogens (tertiary/aromatic N) is 4. The van der Waals surface area contributed by atoms with Crippen molar-refractivity contribution in [3.05, 3.63) is 229 Å². The van der Waals surface area contributed by atoms with Gasteiger partial charge < -0.3 is 31.9 Å². The Morgan fingerprint density at radius 1 is 0.371 bits per heavy atom. The van der Waals surface area contributed by atoms with Gasteiger partial charge in [0.1, 0.15) is 17.5 Å². The second-order valence-corrected chi connectivity index (χ2v) is 15.4. The molecule has 0 atom stereocenters. The normalized spacial score (nSPS) is 10.7. The number of amides is 2. The number of pyridine rings is 4. The van der Waals surface area contributed by atoms with Gasteiger partial charge in [0.05, 0.1) is 28.1 Å². The Bertz CT molecular complexity index is 3470. The summed E-state index contributed by atoms with van der Waals surface area (Å²) >= 11 is 0. The van der Waals surface area contributed by atoms with Crippen LogP contribution < -0.4 is 31.9 Å². The summed E-state index contributed by atoms with van der Waals surface area (Å²) in [4.78, 5) is 42.2. The summed E-state index contributed by atoms with van der Waals surface area (Å²) in [7, 11) is 0. The van der Waals surface area contributed by atoms with Crippen LogP contribution in [0, 0.1) is 23.3 Å². The third-order valence-corrected chi connectivity index (χ3v) is 10.6. The van der Waals surface area contributed by atoms with Crippen molar-refractivity contribution in [2.45, 2.75) is 0 Å². The number of fused-ring (bicyclic) bond motifs is 2. The third kappa shape index (κ3) is 11.1. The van der Waals surface area contributed by atoms with Crippen molar-refractivity contribution < 1.29 is 27.2 Å². The lowest BCUT2D eigenvalue weighted by molar-refractivity contribution is 0.101. The van der Waals surface area contributed by atoms with Gasteiger partial charge in [-0.3, -0.25) is 29.5 Å². The first kappa shape index (κ1) is 45.5. The Hall–Kier alpha value is -9.70. The summed E-state index contributed by atoms with van der Waals surface area (Å²) in [5, 5.41) is 19.0. The summed E-state index contributed by atoms with van der Waals surface area (Å²) in [5.74, 6) is -2.60. The Morgan fingerprint density at radius 3 is 1.41 bits per heavy atom. The number of rotatable bonds is 12. The fraction of sp³-hybridized carbons (Fsp3) is 0. The molecule has 2 amide bonds. The number of carbonyl (C=O) groups excluding carboxylic acids is 2. The van der Waals surface area contributed by atoms with Crippen LogP contribution in [0.25, 0.3) is 21.8 Å². The predicted octanol–water partition coefficient (Wildman–Crippen LogP) is 13.3. The zero-order chi connectivity index (χ0) is 48.4. The van der Waals surface area contributed by atoms with E-state index >= 15 is 4.39 Å². The molecule has 10 rings (SSSR count). The van der Waals surface area contributed by atoms with E-state index in [-0.39, 0.29) is 34.6 Å². The van der Waals surface area contributed by atoms with Crippen LogP contribution >= 0.6 is 0 Å². The van der Waals surface area contributed by atoms with Crippen LogP contribution in [0.3, 0.4) is 0 Å². The van der Waals surface area contributed by atoms with E-state index in [9.17, 15) is 22.8 Å². The highest BCUT2D eigenvalue weighted by atomic mass is 19.1. The Morgan fingerprint density at radius 2 is 0.857 bits per heavy atom. The molecule has 12 nitrogen and oxygen atoms in total. The quantitative estimate of drug-likeness (QED) is 0.0652. The van der Waals surface area contributed by atoms with E-state index in [4.69, 9.17) is 0 Å². The molecular formula is C54H38F4N10O2. The summed E-state index contributed by atoms with van der Waals surface area (Å²) in [6.07, 6.45) is 9.63. The largest absolute Gasteiger partial charge is 0.355 e. The number of aromatic nitrogens is 4. The Labute approximate surface area is 397 Å². The molecule has 0 unspecified atom stereocenters. The molecule has 16 heteroatoms. The zero-order valence-corrected chi connectivity index (χ0v) is 36.6. The van der Waals surface area contributed by atoms with Crippen molar-refractivity contribution in [1.82, 2.24) is 19.9 Å². The molecule has 0 bridgehead atoms. The molecule has 10 aromatic rings. The molecule has 0 aliphatic heterocycles. The maximum Gasteiger partial charge on any atom is 0.255 e. The SMILES string of the molecule is O=C(Nc1ccc(F)c(Nc2ccncc2)c1)c1cccc(Nc2ccnc3ccc(F)cc23)c1.O=C(Nc1cccc(Nc2ccncc2)c1F)c1cccc(Nc2ccnc3ccc(F)cc23)c1. The molecule has 0 spiro atoms. The van der Waals surface area contributed by atoms with Crippen LogP contribution in [-0.2, 0) is 0 Å². The van der Waals surface area contributed by atoms with Gasteiger partial charge in [-0.25, -0.2) is 17.6 Å². The van der Waals surface area contributed by atoms with Crippen molar-refractivity contribution in [3.63, 3.8) is 0 Å². The average molecular weight is 935 g/mol. The second kappa shape index (κ2) is 20.9. The van der Waals surface area contributed by atoms with Gasteiger partial charge in [-0.1, -0.05) is 18.2 Å². The smallest absolute Gasteiger partial charge is 0.255 e. The second-order valence-electron chi connectivity index (χ2n) is 15.4. The Kier molecular flexibility index (Phi) is 13.5. The monoisotopic (exact) mass is 934 g/mol. The van der Waals surface area contributed by atoms with Gasteiger partial charge in [0.2, 0.25) is 0 Å². The molecule has 0 saturated heterocycles. The fourth-order valence-corrected chi connectivity index (χ4v) is 7.25. The summed E-state index contributed by atoms with van der Waals surface area (Å²) < 4.78 is 56.9. The number of nitrogens with one attached hydrogen (secondary N) is 6. The number of carbonyl (C=O) groups is 2. The minimum absolute atomic E-state index is 0.0445. The lowest BCUT2D eigenvalue weighted by Crippen LogP contribution is -2.13. The van der Waals surface area contributed by atoms with Gasteiger partial charge in [0, 0.05) is 98.9 Å². The van der Waals surface area contributed by atoms with Gasteiger partial charge in [-0.2, -0.15) is 0 Å². The molecule has 70 heavy (non-hydrogen) atoms. The van der Waals surface area contributed by atoms with E-state index in [1.54, 1.807) is 146 Å². The first-order valence-electron chi connectivity index (χ1n) is 21.5. The molecule has 4 aromatic heterocycles. The van der Waals surface area contributed by atoms with E-state index in [2.05, 4.69) is 51.8 Å². The lowest BCUT2D eigenvalue weighted by Gasteiger charge is -2.13. The highest BCUT2D eigenvalue weighted by Gasteiger charge is 2.15. The van der Waals surface area contributed by atoms with Gasteiger partial charge in [0.25, 0.3) is 11.8 Å². The van der Waals surface area contributed by atoms with Crippen molar-refractivity contribution in [1.29, 1.82) is 0 Å². The molecule has 0 radical (unpaired) electrons. The molecule has 6 N–H and O–H groups in total. The van der Waals surface area contributed by atoms with Crippen LogP contribution in [0.5, 0.6) is 0 Å². The molecule has 0 saturated carbocycles. The molecule has 344 valence electrons. The van der Waals surface area contributed by atoms with Crippen LogP contribution in [0.1, 0.15) is 20.7 Å². The molecular weight excluding hydrogens is 897 g/mol. The topological polar surface area (TPSA) is 158 Å². The maximum absolute atomic E-state index is 15.0. The minimum atomic E-state index is -0.586. The summed E-state index contributed by atoms with van der Waals surface area (Å²) in [6.45, 7) is 0. The van der Waals surface area contributed by atoms with Crippen molar-refractivity contribution in [3.8, 4) is 0 Å². The fourth-order valence-electron chi connectivity index (χ4n) is 7.25. The summed E-state index contributed by atoms with van der Waals surface area (Å²) in [6, 6.07) is 41.7. The van der Waals surface area contributed by atoms with Gasteiger partial charge >= 0.3 is 0 Å². The number of halogens is 4. The Balaban J connectivity index is 0.000000174. The van der Waals surface area contributed by atoms with Crippen molar-refractivity contribution >= 4 is 90.5 Å². The molecule has 0 fully saturated rings. The van der Waals surface area contributed by atoms with Crippen LogP contribution in [0.15, 0.2) is 195 Å². The number of hydrogen-bond acceptors (Lipinski definition) is 10. The highest BCUT2D eigenvalue weighted by molar-refractivity contribution is 6.06. The third-order valence-electron chi connectivity index (χ3n) is 10.6. The van der Waals surface area contributed by atoms with Gasteiger partial charge in [0.15, 0.2) is 5.82 Å². The van der Waals surface area contributed by atoms with E-state index in [1.165, 1.54) is 48.5 Å². The van der Waals surface area contributed by atoms with E-state index in [0.29, 0.717) is 72.7 Å². The highest BCUT2D eigenvalue weighted by Crippen LogP contribution is 2.30. The van der Waals surface area contributed by atoms with Crippen LogP contribution in [-0.4, -0.2) is 31.8 Å². The van der Waals surface area contributed by atoms with Gasteiger partial charge in [-0.15, -0.1) is 0 Å². The van der Waals surface area contributed by atoms with E-state index in [1.807, 2.05) is 0 Å². The van der Waals surface area contributed by atoms with E-state index in [0.717, 1.165) is 0 Å². The van der Waals surface area contributed by atoms with Crippen LogP contribution in [0.4, 0.5) is 74.4 Å². The minimum Gasteiger partial charge on any atom is -0.355 e. The van der Waals surface area contributed by atoms with Gasteiger partial charge in [-0.05, 0) is 140 Å². The molecule has 0 aliphatic carbocycles. The molecule has 6 aromatic carbocycles. The number of hydrogen-bond donors (Lipinski definition) is 6. The van der Waals surface area contributed by atoms with Crippen LogP contribution in [0.2, 0.25) is 0 Å². The predicted molar refractivity (Wildman–Crippen MR) is 267 cm³/mol. The molecule has 4 heterocycles. The lowest BCUT2D eigenvalue weighted by atomic mass is 10.1. The number of benzene rings is 6. The first-order chi connectivity index (χ1) is 34.1. The first-order valence-corrected chi connectivity index (χ1v) is 21.5. The number of anilines is 10. The zero-order valence-electron chi connectivity index (χ0n) is 36.6. The summed E-state index contributed by atoms with van der Waals surface area (Å²) in [5.41, 5.74) is 6.85. The van der Waals surface area contributed by atoms with E-state index < -0.39 is 17.5 Å². The van der Waals surface area contributed by atoms with Crippen molar-refractivity contribution in [2.24, 2.45) is 0 Å².